The minimum Gasteiger partial charge on any atom is -0.389 e. The van der Waals surface area contributed by atoms with Crippen molar-refractivity contribution in [3.63, 3.8) is 0 Å². The van der Waals surface area contributed by atoms with Gasteiger partial charge in [-0.15, -0.1) is 11.3 Å². The molecule has 1 N–H and O–H groups in total. The van der Waals surface area contributed by atoms with Crippen LogP contribution in [0.25, 0.3) is 6.08 Å². The number of aryl methyl sites for hydroxylation is 1. The number of thiazole rings is 1. The number of aliphatic hydroxyl groups is 1. The highest BCUT2D eigenvalue weighted by molar-refractivity contribution is 7.09. The van der Waals surface area contributed by atoms with E-state index in [1.54, 1.807) is 35.4 Å². The summed E-state index contributed by atoms with van der Waals surface area (Å²) in [7, 11) is 1.79. The molecule has 0 radical (unpaired) electrons. The first-order valence-corrected chi connectivity index (χ1v) is 9.81. The van der Waals surface area contributed by atoms with E-state index in [9.17, 15) is 9.90 Å². The molecular formula is C18H27N3O3S. The predicted octanol–water partition coefficient (Wildman–Crippen LogP) is 1.54. The van der Waals surface area contributed by atoms with Crippen LogP contribution in [0.4, 0.5) is 0 Å². The Labute approximate surface area is 153 Å². The van der Waals surface area contributed by atoms with Gasteiger partial charge in [0.05, 0.1) is 36.1 Å². The molecule has 1 aliphatic heterocycles. The Morgan fingerprint density at radius 1 is 1.44 bits per heavy atom. The minimum absolute atomic E-state index is 0.0858. The van der Waals surface area contributed by atoms with Gasteiger partial charge in [-0.25, -0.2) is 4.98 Å². The maximum absolute atomic E-state index is 12.5. The third-order valence-electron chi connectivity index (χ3n) is 5.18. The van der Waals surface area contributed by atoms with Crippen LogP contribution in [-0.4, -0.2) is 77.3 Å². The second-order valence-corrected chi connectivity index (χ2v) is 7.84. The molecule has 0 spiro atoms. The number of amides is 1. The maximum atomic E-state index is 12.5. The molecule has 2 fully saturated rings. The molecule has 6 nitrogen and oxygen atoms in total. The monoisotopic (exact) mass is 365 g/mol. The van der Waals surface area contributed by atoms with Crippen LogP contribution in [0, 0.1) is 6.92 Å². The molecule has 1 aromatic heterocycles. The average molecular weight is 365 g/mol. The van der Waals surface area contributed by atoms with E-state index in [4.69, 9.17) is 4.74 Å². The normalized spacial score (nSPS) is 28.4. The number of hydrogen-bond donors (Lipinski definition) is 1. The van der Waals surface area contributed by atoms with Crippen LogP contribution in [0.3, 0.4) is 0 Å². The highest BCUT2D eigenvalue weighted by Crippen LogP contribution is 2.27. The van der Waals surface area contributed by atoms with Crippen LogP contribution in [0.1, 0.15) is 30.0 Å². The summed E-state index contributed by atoms with van der Waals surface area (Å²) in [5, 5.41) is 13.8. The Hall–Kier alpha value is -1.28. The van der Waals surface area contributed by atoms with Gasteiger partial charge in [-0.3, -0.25) is 9.69 Å². The quantitative estimate of drug-likeness (QED) is 0.820. The maximum Gasteiger partial charge on any atom is 0.246 e. The van der Waals surface area contributed by atoms with Gasteiger partial charge in [-0.05, 0) is 32.3 Å². The van der Waals surface area contributed by atoms with Crippen molar-refractivity contribution in [1.82, 2.24) is 14.8 Å². The molecule has 1 aromatic rings. The lowest BCUT2D eigenvalue weighted by atomic mass is 9.86. The molecule has 1 amide bonds. The van der Waals surface area contributed by atoms with Crippen molar-refractivity contribution in [3.8, 4) is 0 Å². The molecule has 3 rings (SSSR count). The number of carbonyl (C=O) groups is 1. The zero-order valence-corrected chi connectivity index (χ0v) is 15.7. The first kappa shape index (κ1) is 18.5. The topological polar surface area (TPSA) is 65.9 Å². The van der Waals surface area contributed by atoms with Crippen molar-refractivity contribution in [2.24, 2.45) is 0 Å². The number of likely N-dealkylation sites (N-methyl/N-ethyl adjacent to an activating group) is 1. The zero-order valence-electron chi connectivity index (χ0n) is 14.9. The molecule has 2 heterocycles. The molecule has 0 aromatic carbocycles. The second-order valence-electron chi connectivity index (χ2n) is 6.78. The average Bonchev–Trinajstić information content (AvgIpc) is 3.05. The van der Waals surface area contributed by atoms with Crippen LogP contribution >= 0.6 is 11.3 Å². The summed E-state index contributed by atoms with van der Waals surface area (Å²) in [5.74, 6) is -0.0858. The Kier molecular flexibility index (Phi) is 6.22. The zero-order chi connectivity index (χ0) is 17.8. The number of aliphatic hydroxyl groups excluding tert-OH is 1. The summed E-state index contributed by atoms with van der Waals surface area (Å²) in [6.45, 7) is 5.10. The van der Waals surface area contributed by atoms with Gasteiger partial charge in [0.2, 0.25) is 5.91 Å². The third-order valence-corrected chi connectivity index (χ3v) is 5.97. The third kappa shape index (κ3) is 4.47. The Morgan fingerprint density at radius 3 is 2.88 bits per heavy atom. The largest absolute Gasteiger partial charge is 0.389 e. The summed E-state index contributed by atoms with van der Waals surface area (Å²) in [6.07, 6.45) is 5.63. The second kappa shape index (κ2) is 8.40. The number of hydrogen-bond acceptors (Lipinski definition) is 6. The van der Waals surface area contributed by atoms with Gasteiger partial charge >= 0.3 is 0 Å². The van der Waals surface area contributed by atoms with Gasteiger partial charge in [0.25, 0.3) is 0 Å². The lowest BCUT2D eigenvalue weighted by Crippen LogP contribution is -2.58. The number of nitrogens with zero attached hydrogens (tertiary/aromatic N) is 3. The van der Waals surface area contributed by atoms with E-state index in [0.717, 1.165) is 56.3 Å². The molecule has 1 saturated carbocycles. The van der Waals surface area contributed by atoms with Crippen molar-refractivity contribution in [3.05, 3.63) is 22.2 Å². The number of ether oxygens (including phenoxy) is 1. The van der Waals surface area contributed by atoms with Crippen LogP contribution in [0.5, 0.6) is 0 Å². The molecular weight excluding hydrogens is 338 g/mol. The summed E-state index contributed by atoms with van der Waals surface area (Å²) >= 11 is 1.57. The molecule has 0 bridgehead atoms. The van der Waals surface area contributed by atoms with Crippen molar-refractivity contribution in [2.45, 2.75) is 44.4 Å². The number of aromatic nitrogens is 1. The highest BCUT2D eigenvalue weighted by atomic mass is 32.1. The summed E-state index contributed by atoms with van der Waals surface area (Å²) in [4.78, 5) is 20.9. The van der Waals surface area contributed by atoms with Crippen molar-refractivity contribution >= 4 is 23.3 Å². The SMILES string of the molecule is Cc1nc(/C=C/C(=O)N(C)[C@@H]2CCC[C@@H](N3CCOCC3)[C@@H]2O)cs1. The number of carbonyl (C=O) groups excluding carboxylic acids is 1. The van der Waals surface area contributed by atoms with E-state index in [0.29, 0.717) is 0 Å². The molecule has 138 valence electrons. The van der Waals surface area contributed by atoms with Gasteiger partial charge in [0, 0.05) is 37.6 Å². The first-order chi connectivity index (χ1) is 12.1. The van der Waals surface area contributed by atoms with Crippen molar-refractivity contribution in [2.75, 3.05) is 33.4 Å². The van der Waals surface area contributed by atoms with Crippen LogP contribution < -0.4 is 0 Å². The van der Waals surface area contributed by atoms with E-state index >= 15 is 0 Å². The Morgan fingerprint density at radius 2 is 2.20 bits per heavy atom. The molecule has 2 aliphatic rings. The fourth-order valence-corrected chi connectivity index (χ4v) is 4.34. The Balaban J connectivity index is 1.62. The van der Waals surface area contributed by atoms with Crippen molar-refractivity contribution in [1.29, 1.82) is 0 Å². The standard InChI is InChI=1S/C18H27N3O3S/c1-13-19-14(12-25-13)6-7-17(22)20(2)15-4-3-5-16(18(15)23)21-8-10-24-11-9-21/h6-7,12,15-16,18,23H,3-5,8-11H2,1-2H3/b7-6+/t15-,16-,18-/m1/s1. The van der Waals surface area contributed by atoms with Crippen molar-refractivity contribution < 1.29 is 14.6 Å². The summed E-state index contributed by atoms with van der Waals surface area (Å²) in [6, 6.07) is -0.0287. The lowest BCUT2D eigenvalue weighted by molar-refractivity contribution is -0.133. The van der Waals surface area contributed by atoms with Crippen LogP contribution in [0.15, 0.2) is 11.5 Å². The van der Waals surface area contributed by atoms with E-state index < -0.39 is 6.10 Å². The first-order valence-electron chi connectivity index (χ1n) is 8.93. The van der Waals surface area contributed by atoms with Gasteiger partial charge in [0.15, 0.2) is 0 Å². The number of rotatable bonds is 4. The highest BCUT2D eigenvalue weighted by Gasteiger charge is 2.38. The van der Waals surface area contributed by atoms with E-state index in [2.05, 4.69) is 9.88 Å². The van der Waals surface area contributed by atoms with Gasteiger partial charge < -0.3 is 14.7 Å². The molecule has 7 heteroatoms. The molecule has 0 unspecified atom stereocenters. The van der Waals surface area contributed by atoms with E-state index in [1.165, 1.54) is 0 Å². The molecule has 3 atom stereocenters. The van der Waals surface area contributed by atoms with Gasteiger partial charge in [0.1, 0.15) is 0 Å². The fraction of sp³-hybridized carbons (Fsp3) is 0.667. The predicted molar refractivity (Wildman–Crippen MR) is 98.5 cm³/mol. The van der Waals surface area contributed by atoms with E-state index in [-0.39, 0.29) is 18.0 Å². The van der Waals surface area contributed by atoms with E-state index in [1.807, 2.05) is 12.3 Å². The van der Waals surface area contributed by atoms with Crippen LogP contribution in [-0.2, 0) is 9.53 Å². The lowest BCUT2D eigenvalue weighted by Gasteiger charge is -2.45. The summed E-state index contributed by atoms with van der Waals surface area (Å²) in [5.41, 5.74) is 0.805. The number of morpholine rings is 1. The summed E-state index contributed by atoms with van der Waals surface area (Å²) < 4.78 is 5.41. The fourth-order valence-electron chi connectivity index (χ4n) is 3.76. The molecule has 1 saturated heterocycles. The smallest absolute Gasteiger partial charge is 0.246 e. The minimum atomic E-state index is -0.518. The van der Waals surface area contributed by atoms with Gasteiger partial charge in [-0.2, -0.15) is 0 Å². The molecule has 1 aliphatic carbocycles. The van der Waals surface area contributed by atoms with Gasteiger partial charge in [-0.1, -0.05) is 0 Å². The molecule has 25 heavy (non-hydrogen) atoms. The Bertz CT molecular complexity index is 612. The van der Waals surface area contributed by atoms with Crippen LogP contribution in [0.2, 0.25) is 0 Å².